The molecule has 0 heterocycles. The average Bonchev–Trinajstić information content (AvgIpc) is 2.60. The summed E-state index contributed by atoms with van der Waals surface area (Å²) in [7, 11) is -3.51. The Balaban J connectivity index is 2.37. The molecule has 142 valence electrons. The molecular formula is C23H27O3P. The van der Waals surface area contributed by atoms with Crippen LogP contribution in [0, 0.1) is 6.92 Å². The van der Waals surface area contributed by atoms with Crippen molar-refractivity contribution in [3.8, 4) is 11.1 Å². The highest BCUT2D eigenvalue weighted by Gasteiger charge is 2.34. The minimum Gasteiger partial charge on any atom is -0.302 e. The van der Waals surface area contributed by atoms with Gasteiger partial charge < -0.3 is 9.05 Å². The summed E-state index contributed by atoms with van der Waals surface area (Å²) < 4.78 is 25.8. The summed E-state index contributed by atoms with van der Waals surface area (Å²) in [5, 5.41) is 2.77. The monoisotopic (exact) mass is 382 g/mol. The molecule has 0 aliphatic carbocycles. The molecule has 0 amide bonds. The second kappa shape index (κ2) is 7.98. The zero-order valence-electron chi connectivity index (χ0n) is 16.6. The van der Waals surface area contributed by atoms with Crippen LogP contribution >= 0.6 is 7.60 Å². The molecule has 0 aromatic heterocycles. The van der Waals surface area contributed by atoms with Gasteiger partial charge in [-0.15, -0.1) is 0 Å². The summed E-state index contributed by atoms with van der Waals surface area (Å²) in [6, 6.07) is 20.2. The van der Waals surface area contributed by atoms with Crippen LogP contribution in [0.1, 0.15) is 33.3 Å². The second-order valence-electron chi connectivity index (χ2n) is 7.30. The Morgan fingerprint density at radius 2 is 1.37 bits per heavy atom. The number of hydrogen-bond donors (Lipinski definition) is 0. The molecule has 3 nitrogen and oxygen atoms in total. The highest BCUT2D eigenvalue weighted by molar-refractivity contribution is 7.62. The Bertz CT molecular complexity index is 978. The molecule has 0 spiro atoms. The first kappa shape index (κ1) is 19.8. The van der Waals surface area contributed by atoms with E-state index in [-0.39, 0.29) is 12.2 Å². The van der Waals surface area contributed by atoms with Gasteiger partial charge in [0.1, 0.15) is 0 Å². The van der Waals surface area contributed by atoms with Gasteiger partial charge in [0.15, 0.2) is 0 Å². The van der Waals surface area contributed by atoms with Crippen molar-refractivity contribution in [2.75, 3.05) is 0 Å². The van der Waals surface area contributed by atoms with Crippen molar-refractivity contribution in [3.05, 3.63) is 66.2 Å². The maximum absolute atomic E-state index is 13.9. The lowest BCUT2D eigenvalue weighted by Crippen LogP contribution is -2.19. The molecule has 0 fully saturated rings. The molecule has 3 rings (SSSR count). The van der Waals surface area contributed by atoms with Crippen LogP contribution in [0.2, 0.25) is 0 Å². The summed E-state index contributed by atoms with van der Waals surface area (Å²) in [6.07, 6.45) is -0.434. The standard InChI is InChI=1S/C23H27O3P/c1-16(2)25-27(24,26-17(3)4)22-15-14-19-11-7-9-13-21(19)23(22)20-12-8-6-10-18(20)5/h6-17H,1-5H3. The third-order valence-electron chi connectivity index (χ3n) is 4.32. The van der Waals surface area contributed by atoms with E-state index in [1.165, 1.54) is 0 Å². The van der Waals surface area contributed by atoms with Crippen molar-refractivity contribution in [2.45, 2.75) is 46.8 Å². The van der Waals surface area contributed by atoms with Gasteiger partial charge in [-0.1, -0.05) is 54.6 Å². The largest absolute Gasteiger partial charge is 0.362 e. The molecule has 3 aromatic rings. The van der Waals surface area contributed by atoms with E-state index in [9.17, 15) is 4.57 Å². The molecule has 0 saturated heterocycles. The number of benzene rings is 3. The predicted molar refractivity (Wildman–Crippen MR) is 114 cm³/mol. The smallest absolute Gasteiger partial charge is 0.302 e. The van der Waals surface area contributed by atoms with Gasteiger partial charge in [-0.2, -0.15) is 0 Å². The van der Waals surface area contributed by atoms with Crippen LogP contribution < -0.4 is 5.30 Å². The van der Waals surface area contributed by atoms with E-state index in [0.29, 0.717) is 5.30 Å². The van der Waals surface area contributed by atoms with Gasteiger partial charge in [0, 0.05) is 5.56 Å². The van der Waals surface area contributed by atoms with Crippen molar-refractivity contribution >= 4 is 23.7 Å². The second-order valence-corrected chi connectivity index (χ2v) is 9.20. The lowest BCUT2D eigenvalue weighted by atomic mass is 9.95. The lowest BCUT2D eigenvalue weighted by Gasteiger charge is -2.26. The normalized spacial score (nSPS) is 12.3. The van der Waals surface area contributed by atoms with Crippen LogP contribution in [-0.2, 0) is 13.6 Å². The number of fused-ring (bicyclic) bond motifs is 1. The number of hydrogen-bond acceptors (Lipinski definition) is 3. The van der Waals surface area contributed by atoms with Crippen LogP contribution in [0.25, 0.3) is 21.9 Å². The van der Waals surface area contributed by atoms with E-state index in [4.69, 9.17) is 9.05 Å². The molecule has 0 atom stereocenters. The van der Waals surface area contributed by atoms with Crippen LogP contribution in [-0.4, -0.2) is 12.2 Å². The summed E-state index contributed by atoms with van der Waals surface area (Å²) in [5.41, 5.74) is 3.09. The average molecular weight is 382 g/mol. The van der Waals surface area contributed by atoms with Crippen molar-refractivity contribution in [1.82, 2.24) is 0 Å². The molecule has 0 aliphatic rings. The van der Waals surface area contributed by atoms with Gasteiger partial charge in [-0.3, -0.25) is 4.57 Å². The first-order chi connectivity index (χ1) is 12.8. The fourth-order valence-corrected chi connectivity index (χ4v) is 5.48. The van der Waals surface area contributed by atoms with Crippen molar-refractivity contribution in [2.24, 2.45) is 0 Å². The Morgan fingerprint density at radius 1 is 0.778 bits per heavy atom. The fraction of sp³-hybridized carbons (Fsp3) is 0.304. The Labute approximate surface area is 161 Å². The fourth-order valence-electron chi connectivity index (χ4n) is 3.32. The van der Waals surface area contributed by atoms with E-state index in [0.717, 1.165) is 27.5 Å². The zero-order valence-corrected chi connectivity index (χ0v) is 17.5. The van der Waals surface area contributed by atoms with Gasteiger partial charge in [-0.25, -0.2) is 0 Å². The van der Waals surface area contributed by atoms with Gasteiger partial charge >= 0.3 is 7.60 Å². The maximum Gasteiger partial charge on any atom is 0.362 e. The maximum atomic E-state index is 13.9. The van der Waals surface area contributed by atoms with E-state index in [1.54, 1.807) is 0 Å². The van der Waals surface area contributed by atoms with Crippen molar-refractivity contribution in [1.29, 1.82) is 0 Å². The van der Waals surface area contributed by atoms with Crippen LogP contribution in [0.5, 0.6) is 0 Å². The molecule has 27 heavy (non-hydrogen) atoms. The highest BCUT2D eigenvalue weighted by atomic mass is 31.2. The van der Waals surface area contributed by atoms with Crippen molar-refractivity contribution in [3.63, 3.8) is 0 Å². The SMILES string of the molecule is Cc1ccccc1-c1c(P(=O)(OC(C)C)OC(C)C)ccc2ccccc12. The molecular weight excluding hydrogens is 355 g/mol. The molecule has 0 saturated carbocycles. The van der Waals surface area contributed by atoms with Crippen LogP contribution in [0.3, 0.4) is 0 Å². The summed E-state index contributed by atoms with van der Waals surface area (Å²) in [6.45, 7) is 9.59. The third-order valence-corrected chi connectivity index (χ3v) is 6.68. The first-order valence-electron chi connectivity index (χ1n) is 9.37. The molecule has 0 radical (unpaired) electrons. The van der Waals surface area contributed by atoms with Gasteiger partial charge in [0.25, 0.3) is 0 Å². The topological polar surface area (TPSA) is 35.5 Å². The van der Waals surface area contributed by atoms with E-state index in [2.05, 4.69) is 31.2 Å². The minimum atomic E-state index is -3.51. The highest BCUT2D eigenvalue weighted by Crippen LogP contribution is 2.52. The summed E-state index contributed by atoms with van der Waals surface area (Å²) in [5.74, 6) is 0. The van der Waals surface area contributed by atoms with E-state index < -0.39 is 7.60 Å². The summed E-state index contributed by atoms with van der Waals surface area (Å²) in [4.78, 5) is 0. The summed E-state index contributed by atoms with van der Waals surface area (Å²) >= 11 is 0. The van der Waals surface area contributed by atoms with E-state index in [1.807, 2.05) is 64.1 Å². The van der Waals surface area contributed by atoms with Crippen LogP contribution in [0.4, 0.5) is 0 Å². The first-order valence-corrected chi connectivity index (χ1v) is 10.9. The molecule has 0 N–H and O–H groups in total. The van der Waals surface area contributed by atoms with Gasteiger partial charge in [0.05, 0.1) is 17.5 Å². The van der Waals surface area contributed by atoms with E-state index >= 15 is 0 Å². The number of aryl methyl sites for hydroxylation is 1. The number of rotatable bonds is 6. The van der Waals surface area contributed by atoms with Crippen LogP contribution in [0.15, 0.2) is 60.7 Å². The zero-order chi connectivity index (χ0) is 19.6. The Morgan fingerprint density at radius 3 is 2.00 bits per heavy atom. The molecule has 0 unspecified atom stereocenters. The Hall–Kier alpha value is -1.93. The lowest BCUT2D eigenvalue weighted by molar-refractivity contribution is 0.150. The van der Waals surface area contributed by atoms with Gasteiger partial charge in [-0.05, 0) is 62.6 Å². The Kier molecular flexibility index (Phi) is 5.86. The third kappa shape index (κ3) is 4.16. The molecule has 0 aliphatic heterocycles. The molecule has 0 bridgehead atoms. The molecule has 3 aromatic carbocycles. The quantitative estimate of drug-likeness (QED) is 0.458. The van der Waals surface area contributed by atoms with Crippen molar-refractivity contribution < 1.29 is 13.6 Å². The molecule has 4 heteroatoms. The predicted octanol–water partition coefficient (Wildman–Crippen LogP) is 6.48. The minimum absolute atomic E-state index is 0.217. The van der Waals surface area contributed by atoms with Gasteiger partial charge in [0.2, 0.25) is 0 Å².